The van der Waals surface area contributed by atoms with E-state index >= 15 is 0 Å². The molecule has 0 amide bonds. The second-order valence-corrected chi connectivity index (χ2v) is 5.41. The van der Waals surface area contributed by atoms with Gasteiger partial charge in [0.25, 0.3) is 5.56 Å². The summed E-state index contributed by atoms with van der Waals surface area (Å²) in [6.07, 6.45) is 5.25. The topological polar surface area (TPSA) is 63.6 Å². The molecule has 5 nitrogen and oxygen atoms in total. The van der Waals surface area contributed by atoms with E-state index in [-0.39, 0.29) is 5.56 Å². The van der Waals surface area contributed by atoms with Crippen LogP contribution in [0.15, 0.2) is 23.5 Å². The van der Waals surface area contributed by atoms with Crippen molar-refractivity contribution in [2.24, 2.45) is 0 Å². The van der Waals surface area contributed by atoms with Gasteiger partial charge >= 0.3 is 0 Å². The molecule has 1 N–H and O–H groups in total. The molecular formula is C12H12N4OS. The molecule has 18 heavy (non-hydrogen) atoms. The molecule has 3 heterocycles. The van der Waals surface area contributed by atoms with Crippen LogP contribution in [-0.2, 0) is 6.54 Å². The van der Waals surface area contributed by atoms with Crippen LogP contribution in [0.5, 0.6) is 0 Å². The molecule has 0 saturated heterocycles. The van der Waals surface area contributed by atoms with Gasteiger partial charge in [0.15, 0.2) is 0 Å². The molecule has 0 aliphatic rings. The molecule has 0 aliphatic heterocycles. The number of aryl methyl sites for hydroxylation is 2. The minimum Gasteiger partial charge on any atom is -0.330 e. The summed E-state index contributed by atoms with van der Waals surface area (Å²) in [5.41, 5.74) is 0.967. The van der Waals surface area contributed by atoms with E-state index in [1.807, 2.05) is 24.6 Å². The molecule has 0 bridgehead atoms. The average molecular weight is 260 g/mol. The van der Waals surface area contributed by atoms with Crippen molar-refractivity contribution in [3.8, 4) is 0 Å². The minimum atomic E-state index is -0.0584. The maximum absolute atomic E-state index is 12.0. The van der Waals surface area contributed by atoms with E-state index in [0.717, 1.165) is 15.3 Å². The highest BCUT2D eigenvalue weighted by Crippen LogP contribution is 2.25. The number of thiophene rings is 1. The van der Waals surface area contributed by atoms with Crippen molar-refractivity contribution in [2.45, 2.75) is 20.4 Å². The molecular weight excluding hydrogens is 248 g/mol. The molecule has 0 radical (unpaired) electrons. The number of hydrogen-bond acceptors (Lipinski definition) is 4. The fourth-order valence-corrected chi connectivity index (χ4v) is 2.98. The zero-order valence-electron chi connectivity index (χ0n) is 10.1. The van der Waals surface area contributed by atoms with E-state index in [2.05, 4.69) is 15.0 Å². The Kier molecular flexibility index (Phi) is 2.52. The van der Waals surface area contributed by atoms with Crippen LogP contribution in [0.3, 0.4) is 0 Å². The third-order valence-corrected chi connectivity index (χ3v) is 4.08. The van der Waals surface area contributed by atoms with Crippen LogP contribution < -0.4 is 5.56 Å². The Morgan fingerprint density at radius 2 is 2.28 bits per heavy atom. The van der Waals surface area contributed by atoms with Crippen LogP contribution in [-0.4, -0.2) is 19.5 Å². The van der Waals surface area contributed by atoms with Crippen molar-refractivity contribution >= 4 is 21.6 Å². The summed E-state index contributed by atoms with van der Waals surface area (Å²) in [5, 5.41) is 0.715. The first-order valence-corrected chi connectivity index (χ1v) is 6.41. The number of nitrogens with one attached hydrogen (secondary N) is 1. The summed E-state index contributed by atoms with van der Waals surface area (Å²) >= 11 is 1.56. The van der Waals surface area contributed by atoms with Gasteiger partial charge in [0.05, 0.1) is 18.3 Å². The molecule has 3 aromatic rings. The molecule has 0 spiro atoms. The van der Waals surface area contributed by atoms with Crippen molar-refractivity contribution in [1.82, 2.24) is 19.5 Å². The van der Waals surface area contributed by atoms with Gasteiger partial charge in [0.1, 0.15) is 10.7 Å². The van der Waals surface area contributed by atoms with Gasteiger partial charge in [-0.05, 0) is 19.4 Å². The third kappa shape index (κ3) is 1.74. The van der Waals surface area contributed by atoms with Crippen LogP contribution in [0, 0.1) is 13.8 Å². The van der Waals surface area contributed by atoms with Gasteiger partial charge in [-0.25, -0.2) is 9.97 Å². The van der Waals surface area contributed by atoms with Gasteiger partial charge in [-0.1, -0.05) is 0 Å². The third-order valence-electron chi connectivity index (χ3n) is 2.98. The SMILES string of the molecule is Cc1sc2nc(Cn3ccnc3)[nH]c(=O)c2c1C. The first-order valence-electron chi connectivity index (χ1n) is 5.60. The number of rotatable bonds is 2. The molecule has 0 unspecified atom stereocenters. The Balaban J connectivity index is 2.13. The Bertz CT molecular complexity index is 754. The van der Waals surface area contributed by atoms with Gasteiger partial charge in [-0.2, -0.15) is 0 Å². The van der Waals surface area contributed by atoms with E-state index in [1.165, 1.54) is 0 Å². The lowest BCUT2D eigenvalue weighted by molar-refractivity contribution is 0.745. The smallest absolute Gasteiger partial charge is 0.259 e. The lowest BCUT2D eigenvalue weighted by atomic mass is 10.2. The average Bonchev–Trinajstić information content (AvgIpc) is 2.89. The first-order chi connectivity index (χ1) is 8.65. The predicted molar refractivity (Wildman–Crippen MR) is 71.0 cm³/mol. The summed E-state index contributed by atoms with van der Waals surface area (Å²) in [6.45, 7) is 4.50. The summed E-state index contributed by atoms with van der Waals surface area (Å²) in [5.74, 6) is 0.659. The van der Waals surface area contributed by atoms with Crippen molar-refractivity contribution in [3.63, 3.8) is 0 Å². The molecule has 92 valence electrons. The van der Waals surface area contributed by atoms with E-state index in [4.69, 9.17) is 0 Å². The highest BCUT2D eigenvalue weighted by molar-refractivity contribution is 7.18. The summed E-state index contributed by atoms with van der Waals surface area (Å²) in [4.78, 5) is 25.3. The predicted octanol–water partition coefficient (Wildman–Crippen LogP) is 1.85. The highest BCUT2D eigenvalue weighted by atomic mass is 32.1. The zero-order chi connectivity index (χ0) is 12.7. The number of nitrogens with zero attached hydrogens (tertiary/aromatic N) is 3. The lowest BCUT2D eigenvalue weighted by Crippen LogP contribution is -2.13. The quantitative estimate of drug-likeness (QED) is 0.764. The van der Waals surface area contributed by atoms with E-state index in [9.17, 15) is 4.79 Å². The van der Waals surface area contributed by atoms with Gasteiger partial charge in [-0.15, -0.1) is 11.3 Å². The standard InChI is InChI=1S/C12H12N4OS/c1-7-8(2)18-12-10(7)11(17)14-9(15-12)5-16-4-3-13-6-16/h3-4,6H,5H2,1-2H3,(H,14,15,17). The largest absolute Gasteiger partial charge is 0.330 e. The fourth-order valence-electron chi connectivity index (χ4n) is 1.93. The van der Waals surface area contributed by atoms with Gasteiger partial charge in [0.2, 0.25) is 0 Å². The molecule has 6 heteroatoms. The second kappa shape index (κ2) is 4.06. The van der Waals surface area contributed by atoms with Crippen molar-refractivity contribution < 1.29 is 0 Å². The maximum atomic E-state index is 12.0. The summed E-state index contributed by atoms with van der Waals surface area (Å²) < 4.78 is 1.87. The van der Waals surface area contributed by atoms with Crippen LogP contribution in [0.4, 0.5) is 0 Å². The number of fused-ring (bicyclic) bond motifs is 1. The molecule has 3 aromatic heterocycles. The monoisotopic (exact) mass is 260 g/mol. The van der Waals surface area contributed by atoms with Gasteiger partial charge in [0, 0.05) is 17.3 Å². The summed E-state index contributed by atoms with van der Waals surface area (Å²) in [6, 6.07) is 0. The number of aromatic amines is 1. The lowest BCUT2D eigenvalue weighted by Gasteiger charge is -2.01. The second-order valence-electron chi connectivity index (χ2n) is 4.21. The van der Waals surface area contributed by atoms with Crippen molar-refractivity contribution in [1.29, 1.82) is 0 Å². The Labute approximate surface area is 107 Å². The number of H-pyrrole nitrogens is 1. The molecule has 0 saturated carbocycles. The Hall–Kier alpha value is -1.95. The zero-order valence-corrected chi connectivity index (χ0v) is 10.9. The Morgan fingerprint density at radius 3 is 3.00 bits per heavy atom. The molecule has 0 atom stereocenters. The molecule has 0 aliphatic carbocycles. The van der Waals surface area contributed by atoms with Gasteiger partial charge in [-0.3, -0.25) is 4.79 Å². The first kappa shape index (κ1) is 11.2. The maximum Gasteiger partial charge on any atom is 0.259 e. The summed E-state index contributed by atoms with van der Waals surface area (Å²) in [7, 11) is 0. The van der Waals surface area contributed by atoms with E-state index < -0.39 is 0 Å². The highest BCUT2D eigenvalue weighted by Gasteiger charge is 2.11. The van der Waals surface area contributed by atoms with Crippen molar-refractivity contribution in [3.05, 3.63) is 45.3 Å². The molecule has 0 fully saturated rings. The Morgan fingerprint density at radius 1 is 1.44 bits per heavy atom. The minimum absolute atomic E-state index is 0.0584. The van der Waals surface area contributed by atoms with Gasteiger partial charge < -0.3 is 9.55 Å². The fraction of sp³-hybridized carbons (Fsp3) is 0.250. The molecule has 0 aromatic carbocycles. The normalized spacial score (nSPS) is 11.2. The van der Waals surface area contributed by atoms with Crippen LogP contribution in [0.2, 0.25) is 0 Å². The number of aromatic nitrogens is 4. The van der Waals surface area contributed by atoms with Crippen LogP contribution in [0.25, 0.3) is 10.2 Å². The van der Waals surface area contributed by atoms with Crippen molar-refractivity contribution in [2.75, 3.05) is 0 Å². The van der Waals surface area contributed by atoms with Crippen LogP contribution >= 0.6 is 11.3 Å². The van der Waals surface area contributed by atoms with E-state index in [0.29, 0.717) is 17.8 Å². The number of hydrogen-bond donors (Lipinski definition) is 1. The number of imidazole rings is 1. The van der Waals surface area contributed by atoms with Crippen LogP contribution in [0.1, 0.15) is 16.3 Å². The molecule has 3 rings (SSSR count). The van der Waals surface area contributed by atoms with E-state index in [1.54, 1.807) is 23.9 Å².